The summed E-state index contributed by atoms with van der Waals surface area (Å²) in [6.45, 7) is 0.112. The van der Waals surface area contributed by atoms with Crippen LogP contribution in [0.4, 0.5) is 5.95 Å². The molecular formula is C21H21ClN4O2. The monoisotopic (exact) mass is 396 g/mol. The number of benzene rings is 2. The standard InChI is InChI=1S/C21H21ClN4O2/c1-28-15-10-8-14(9-11-15)18-13-19(16-5-2-3-6-17(16)22)26-21(23-18)24-20(25-26)7-4-12-27/h2-3,5-6,8-11,13,19,27H,4,7,12H2,1H3,(H,23,24,25)/t19-/m1/s1. The van der Waals surface area contributed by atoms with E-state index < -0.39 is 0 Å². The van der Waals surface area contributed by atoms with Crippen LogP contribution in [0.15, 0.2) is 54.6 Å². The molecule has 1 aliphatic heterocycles. The summed E-state index contributed by atoms with van der Waals surface area (Å²) in [5.41, 5.74) is 2.90. The number of aliphatic hydroxyl groups excluding tert-OH is 1. The van der Waals surface area contributed by atoms with Crippen molar-refractivity contribution in [2.75, 3.05) is 19.0 Å². The Bertz CT molecular complexity index is 998. The molecule has 0 amide bonds. The van der Waals surface area contributed by atoms with Crippen LogP contribution in [-0.2, 0) is 6.42 Å². The number of aryl methyl sites for hydroxylation is 1. The van der Waals surface area contributed by atoms with E-state index in [-0.39, 0.29) is 12.6 Å². The molecule has 6 nitrogen and oxygen atoms in total. The van der Waals surface area contributed by atoms with E-state index in [4.69, 9.17) is 21.4 Å². The molecule has 0 aliphatic carbocycles. The number of fused-ring (bicyclic) bond motifs is 1. The number of halogens is 1. The largest absolute Gasteiger partial charge is 0.497 e. The first-order chi connectivity index (χ1) is 13.7. The van der Waals surface area contributed by atoms with Crippen molar-refractivity contribution in [1.29, 1.82) is 0 Å². The zero-order valence-electron chi connectivity index (χ0n) is 15.5. The molecule has 7 heteroatoms. The van der Waals surface area contributed by atoms with E-state index >= 15 is 0 Å². The van der Waals surface area contributed by atoms with Crippen molar-refractivity contribution in [3.05, 3.63) is 76.6 Å². The van der Waals surface area contributed by atoms with Crippen molar-refractivity contribution < 1.29 is 9.84 Å². The van der Waals surface area contributed by atoms with E-state index in [1.165, 1.54) is 0 Å². The highest BCUT2D eigenvalue weighted by molar-refractivity contribution is 6.31. The van der Waals surface area contributed by atoms with Crippen molar-refractivity contribution in [2.24, 2.45) is 0 Å². The Balaban J connectivity index is 1.77. The minimum atomic E-state index is -0.183. The predicted molar refractivity (Wildman–Crippen MR) is 110 cm³/mol. The number of ether oxygens (including phenoxy) is 1. The molecule has 2 heterocycles. The first-order valence-electron chi connectivity index (χ1n) is 9.13. The molecule has 0 spiro atoms. The highest BCUT2D eigenvalue weighted by atomic mass is 35.5. The molecule has 0 bridgehead atoms. The molecule has 2 aromatic carbocycles. The van der Waals surface area contributed by atoms with Gasteiger partial charge in [0.25, 0.3) is 0 Å². The summed E-state index contributed by atoms with van der Waals surface area (Å²) in [4.78, 5) is 4.62. The van der Waals surface area contributed by atoms with Gasteiger partial charge in [0.2, 0.25) is 5.95 Å². The molecule has 0 fully saturated rings. The third kappa shape index (κ3) is 3.61. The van der Waals surface area contributed by atoms with Gasteiger partial charge < -0.3 is 15.2 Å². The van der Waals surface area contributed by atoms with Gasteiger partial charge in [-0.2, -0.15) is 10.1 Å². The zero-order valence-corrected chi connectivity index (χ0v) is 16.2. The lowest BCUT2D eigenvalue weighted by Gasteiger charge is -2.25. The van der Waals surface area contributed by atoms with E-state index in [1.807, 2.05) is 53.2 Å². The summed E-state index contributed by atoms with van der Waals surface area (Å²) in [6, 6.07) is 15.4. The second kappa shape index (κ2) is 8.04. The Morgan fingerprint density at radius 1 is 1.18 bits per heavy atom. The lowest BCUT2D eigenvalue weighted by atomic mass is 10.0. The van der Waals surface area contributed by atoms with Gasteiger partial charge in [0.15, 0.2) is 5.82 Å². The van der Waals surface area contributed by atoms with Crippen molar-refractivity contribution in [1.82, 2.24) is 14.8 Å². The Labute approximate surface area is 168 Å². The number of rotatable bonds is 6. The smallest absolute Gasteiger partial charge is 0.226 e. The molecule has 144 valence electrons. The predicted octanol–water partition coefficient (Wildman–Crippen LogP) is 3.92. The molecule has 0 unspecified atom stereocenters. The maximum absolute atomic E-state index is 9.11. The molecule has 0 saturated carbocycles. The quantitative estimate of drug-likeness (QED) is 0.660. The van der Waals surface area contributed by atoms with Crippen LogP contribution in [0.25, 0.3) is 5.70 Å². The van der Waals surface area contributed by atoms with Crippen LogP contribution in [-0.4, -0.2) is 33.6 Å². The first-order valence-corrected chi connectivity index (χ1v) is 9.51. The van der Waals surface area contributed by atoms with Crippen LogP contribution in [0.3, 0.4) is 0 Å². The Morgan fingerprint density at radius 2 is 1.96 bits per heavy atom. The molecular weight excluding hydrogens is 376 g/mol. The van der Waals surface area contributed by atoms with Gasteiger partial charge in [-0.25, -0.2) is 4.68 Å². The van der Waals surface area contributed by atoms with Gasteiger partial charge in [0.05, 0.1) is 7.11 Å². The second-order valence-corrected chi connectivity index (χ2v) is 6.93. The average Bonchev–Trinajstić information content (AvgIpc) is 3.15. The summed E-state index contributed by atoms with van der Waals surface area (Å²) < 4.78 is 7.10. The van der Waals surface area contributed by atoms with Gasteiger partial charge >= 0.3 is 0 Å². The Kier molecular flexibility index (Phi) is 5.32. The molecule has 1 aliphatic rings. The van der Waals surface area contributed by atoms with Gasteiger partial charge in [-0.1, -0.05) is 29.8 Å². The van der Waals surface area contributed by atoms with Crippen LogP contribution in [0, 0.1) is 0 Å². The molecule has 0 radical (unpaired) electrons. The summed E-state index contributed by atoms with van der Waals surface area (Å²) in [7, 11) is 1.65. The highest BCUT2D eigenvalue weighted by Gasteiger charge is 2.26. The van der Waals surface area contributed by atoms with E-state index in [0.29, 0.717) is 29.6 Å². The van der Waals surface area contributed by atoms with Gasteiger partial charge in [0, 0.05) is 23.7 Å². The minimum Gasteiger partial charge on any atom is -0.497 e. The summed E-state index contributed by atoms with van der Waals surface area (Å²) in [5.74, 6) is 2.15. The number of allylic oxidation sites excluding steroid dienone is 1. The number of anilines is 1. The number of aromatic nitrogens is 3. The van der Waals surface area contributed by atoms with E-state index in [1.54, 1.807) is 7.11 Å². The van der Waals surface area contributed by atoms with Crippen LogP contribution < -0.4 is 10.1 Å². The maximum Gasteiger partial charge on any atom is 0.226 e. The lowest BCUT2D eigenvalue weighted by molar-refractivity contribution is 0.287. The average molecular weight is 397 g/mol. The van der Waals surface area contributed by atoms with Gasteiger partial charge in [0.1, 0.15) is 11.8 Å². The van der Waals surface area contributed by atoms with Crippen LogP contribution >= 0.6 is 11.6 Å². The van der Waals surface area contributed by atoms with E-state index in [9.17, 15) is 0 Å². The van der Waals surface area contributed by atoms with Crippen molar-refractivity contribution >= 4 is 23.2 Å². The normalized spacial score (nSPS) is 15.5. The van der Waals surface area contributed by atoms with Gasteiger partial charge in [-0.3, -0.25) is 0 Å². The number of hydrogen-bond donors (Lipinski definition) is 2. The number of aliphatic hydroxyl groups is 1. The molecule has 4 rings (SSSR count). The summed E-state index contributed by atoms with van der Waals surface area (Å²) in [6.07, 6.45) is 3.34. The van der Waals surface area contributed by atoms with Crippen LogP contribution in [0.2, 0.25) is 5.02 Å². The SMILES string of the molecule is COc1ccc(C2=C[C@H](c3ccccc3Cl)n3nc(CCCO)nc3N2)cc1. The molecule has 3 aromatic rings. The number of hydrogen-bond acceptors (Lipinski definition) is 5. The summed E-state index contributed by atoms with van der Waals surface area (Å²) in [5, 5.41) is 17.8. The maximum atomic E-state index is 9.11. The van der Waals surface area contributed by atoms with Crippen LogP contribution in [0.1, 0.15) is 29.4 Å². The molecule has 2 N–H and O–H groups in total. The van der Waals surface area contributed by atoms with Crippen LogP contribution in [0.5, 0.6) is 5.75 Å². The fourth-order valence-corrected chi connectivity index (χ4v) is 3.50. The first kappa shape index (κ1) is 18.5. The second-order valence-electron chi connectivity index (χ2n) is 6.52. The highest BCUT2D eigenvalue weighted by Crippen LogP contribution is 2.35. The molecule has 0 saturated heterocycles. The van der Waals surface area contributed by atoms with Gasteiger partial charge in [-0.05, 0) is 54.0 Å². The molecule has 1 aromatic heterocycles. The molecule has 1 atom stereocenters. The lowest BCUT2D eigenvalue weighted by Crippen LogP contribution is -2.20. The third-order valence-electron chi connectivity index (χ3n) is 4.69. The fourth-order valence-electron chi connectivity index (χ4n) is 3.26. The Morgan fingerprint density at radius 3 is 2.68 bits per heavy atom. The minimum absolute atomic E-state index is 0.112. The van der Waals surface area contributed by atoms with Crippen molar-refractivity contribution in [2.45, 2.75) is 18.9 Å². The summed E-state index contributed by atoms with van der Waals surface area (Å²) >= 11 is 6.49. The Hall–Kier alpha value is -2.83. The van der Waals surface area contributed by atoms with Gasteiger partial charge in [-0.15, -0.1) is 0 Å². The van der Waals surface area contributed by atoms with E-state index in [2.05, 4.69) is 21.5 Å². The van der Waals surface area contributed by atoms with E-state index in [0.717, 1.165) is 22.6 Å². The third-order valence-corrected chi connectivity index (χ3v) is 5.04. The number of methoxy groups -OCH3 is 1. The topological polar surface area (TPSA) is 72.2 Å². The fraction of sp³-hybridized carbons (Fsp3) is 0.238. The van der Waals surface area contributed by atoms with Crippen molar-refractivity contribution in [3.63, 3.8) is 0 Å². The molecule has 28 heavy (non-hydrogen) atoms. The number of nitrogens with zero attached hydrogens (tertiary/aromatic N) is 3. The van der Waals surface area contributed by atoms with Crippen molar-refractivity contribution in [3.8, 4) is 5.75 Å². The number of nitrogens with one attached hydrogen (secondary N) is 1. The zero-order chi connectivity index (χ0) is 19.5.